The summed E-state index contributed by atoms with van der Waals surface area (Å²) in [5.41, 5.74) is 0.229. The summed E-state index contributed by atoms with van der Waals surface area (Å²) >= 11 is 0. The summed E-state index contributed by atoms with van der Waals surface area (Å²) in [5.74, 6) is 0. The van der Waals surface area contributed by atoms with Crippen LogP contribution < -0.4 is 4.90 Å². The molecule has 0 radical (unpaired) electrons. The standard InChI is InChI=1S/C17H24N4O3/c1-17(2,3)24-16(23)20-9-7-13-14(11-20)21(15(22)19(13)4)12-6-5-8-18-10-12/h5-6,8,10,13-14H,7,9,11H2,1-4H3/t13-,14+/m1/s1. The van der Waals surface area contributed by atoms with Crippen LogP contribution in [0.3, 0.4) is 0 Å². The molecule has 130 valence electrons. The first-order valence-corrected chi connectivity index (χ1v) is 8.22. The number of rotatable bonds is 1. The number of anilines is 1. The van der Waals surface area contributed by atoms with Crippen LogP contribution in [0.4, 0.5) is 15.3 Å². The second-order valence-corrected chi connectivity index (χ2v) is 7.32. The molecular formula is C17H24N4O3. The molecule has 0 N–H and O–H groups in total. The summed E-state index contributed by atoms with van der Waals surface area (Å²) in [5, 5.41) is 0. The lowest BCUT2D eigenvalue weighted by Crippen LogP contribution is -2.54. The number of hydrogen-bond acceptors (Lipinski definition) is 4. The molecule has 0 spiro atoms. The molecule has 3 amide bonds. The quantitative estimate of drug-likeness (QED) is 0.792. The molecule has 0 bridgehead atoms. The van der Waals surface area contributed by atoms with Crippen LogP contribution in [0.15, 0.2) is 24.5 Å². The first-order valence-electron chi connectivity index (χ1n) is 8.22. The number of carbonyl (C=O) groups excluding carboxylic acids is 2. The van der Waals surface area contributed by atoms with E-state index >= 15 is 0 Å². The van der Waals surface area contributed by atoms with E-state index in [1.807, 2.05) is 40.0 Å². The van der Waals surface area contributed by atoms with Crippen molar-refractivity contribution in [1.29, 1.82) is 0 Å². The molecule has 3 rings (SSSR count). The summed E-state index contributed by atoms with van der Waals surface area (Å²) in [7, 11) is 1.82. The number of hydrogen-bond donors (Lipinski definition) is 0. The second-order valence-electron chi connectivity index (χ2n) is 7.32. The Bertz CT molecular complexity index is 628. The number of urea groups is 1. The van der Waals surface area contributed by atoms with Crippen LogP contribution in [0.25, 0.3) is 0 Å². The molecule has 1 aromatic heterocycles. The molecule has 2 aliphatic heterocycles. The number of likely N-dealkylation sites (tertiary alicyclic amines) is 1. The minimum absolute atomic E-state index is 0.0518. The Morgan fingerprint density at radius 3 is 2.71 bits per heavy atom. The van der Waals surface area contributed by atoms with E-state index in [1.165, 1.54) is 0 Å². The summed E-state index contributed by atoms with van der Waals surface area (Å²) < 4.78 is 5.48. The van der Waals surface area contributed by atoms with E-state index in [2.05, 4.69) is 4.98 Å². The Labute approximate surface area is 142 Å². The van der Waals surface area contributed by atoms with E-state index in [0.29, 0.717) is 13.1 Å². The van der Waals surface area contributed by atoms with Crippen molar-refractivity contribution in [1.82, 2.24) is 14.8 Å². The monoisotopic (exact) mass is 332 g/mol. The zero-order valence-electron chi connectivity index (χ0n) is 14.6. The molecule has 7 heteroatoms. The normalized spacial score (nSPS) is 24.2. The summed E-state index contributed by atoms with van der Waals surface area (Å²) in [6.07, 6.45) is 3.77. The first kappa shape index (κ1) is 16.5. The fraction of sp³-hybridized carbons (Fsp3) is 0.588. The number of nitrogens with zero attached hydrogens (tertiary/aromatic N) is 4. The van der Waals surface area contributed by atoms with Gasteiger partial charge in [-0.25, -0.2) is 9.59 Å². The van der Waals surface area contributed by atoms with Crippen molar-refractivity contribution < 1.29 is 14.3 Å². The molecule has 0 saturated carbocycles. The van der Waals surface area contributed by atoms with E-state index in [9.17, 15) is 9.59 Å². The molecular weight excluding hydrogens is 308 g/mol. The summed E-state index contributed by atoms with van der Waals surface area (Å²) in [6.45, 7) is 6.62. The maximum absolute atomic E-state index is 12.7. The smallest absolute Gasteiger partial charge is 0.410 e. The van der Waals surface area contributed by atoms with Crippen molar-refractivity contribution in [3.8, 4) is 0 Å². The Balaban J connectivity index is 1.81. The second kappa shape index (κ2) is 5.96. The van der Waals surface area contributed by atoms with Crippen LogP contribution in [0, 0.1) is 0 Å². The molecule has 0 aliphatic carbocycles. The van der Waals surface area contributed by atoms with Crippen molar-refractivity contribution in [2.45, 2.75) is 44.9 Å². The fourth-order valence-electron chi connectivity index (χ4n) is 3.37. The van der Waals surface area contributed by atoms with Crippen molar-refractivity contribution in [2.24, 2.45) is 0 Å². The van der Waals surface area contributed by atoms with Gasteiger partial charge in [0.2, 0.25) is 0 Å². The van der Waals surface area contributed by atoms with Crippen molar-refractivity contribution in [2.75, 3.05) is 25.0 Å². The third-order valence-electron chi connectivity index (χ3n) is 4.46. The number of pyridine rings is 1. The van der Waals surface area contributed by atoms with Gasteiger partial charge in [0.1, 0.15) is 5.60 Å². The molecule has 2 fully saturated rings. The van der Waals surface area contributed by atoms with Gasteiger partial charge in [-0.05, 0) is 39.3 Å². The van der Waals surface area contributed by atoms with Crippen LogP contribution in [-0.2, 0) is 4.74 Å². The van der Waals surface area contributed by atoms with Gasteiger partial charge in [-0.2, -0.15) is 0 Å². The number of carbonyl (C=O) groups is 2. The number of amides is 3. The predicted molar refractivity (Wildman–Crippen MR) is 89.9 cm³/mol. The van der Waals surface area contributed by atoms with Crippen LogP contribution in [0.1, 0.15) is 27.2 Å². The Morgan fingerprint density at radius 2 is 2.08 bits per heavy atom. The first-order chi connectivity index (χ1) is 11.3. The molecule has 2 atom stereocenters. The average Bonchev–Trinajstić information content (AvgIpc) is 2.77. The Hall–Kier alpha value is -2.31. The molecule has 0 unspecified atom stereocenters. The SMILES string of the molecule is CN1C(=O)N(c2cccnc2)[C@H]2CN(C(=O)OC(C)(C)C)CC[C@H]21. The number of piperidine rings is 1. The van der Waals surface area contributed by atoms with E-state index in [1.54, 1.807) is 27.1 Å². The third kappa shape index (κ3) is 3.02. The van der Waals surface area contributed by atoms with Gasteiger partial charge in [0.05, 0.1) is 24.0 Å². The minimum Gasteiger partial charge on any atom is -0.444 e. The van der Waals surface area contributed by atoms with Gasteiger partial charge in [0, 0.05) is 26.3 Å². The largest absolute Gasteiger partial charge is 0.444 e. The number of ether oxygens (including phenoxy) is 1. The van der Waals surface area contributed by atoms with E-state index in [0.717, 1.165) is 12.1 Å². The van der Waals surface area contributed by atoms with Crippen molar-refractivity contribution in [3.63, 3.8) is 0 Å². The van der Waals surface area contributed by atoms with Crippen molar-refractivity contribution >= 4 is 17.8 Å². The van der Waals surface area contributed by atoms with E-state index in [4.69, 9.17) is 4.74 Å². The highest BCUT2D eigenvalue weighted by Gasteiger charge is 2.48. The van der Waals surface area contributed by atoms with Crippen LogP contribution in [0.5, 0.6) is 0 Å². The lowest BCUT2D eigenvalue weighted by molar-refractivity contribution is 0.0172. The third-order valence-corrected chi connectivity index (χ3v) is 4.46. The van der Waals surface area contributed by atoms with Gasteiger partial charge in [0.15, 0.2) is 0 Å². The van der Waals surface area contributed by atoms with E-state index in [-0.39, 0.29) is 24.2 Å². The van der Waals surface area contributed by atoms with E-state index < -0.39 is 5.60 Å². The molecule has 2 saturated heterocycles. The van der Waals surface area contributed by atoms with Gasteiger partial charge >= 0.3 is 12.1 Å². The number of likely N-dealkylation sites (N-methyl/N-ethyl adjacent to an activating group) is 1. The minimum atomic E-state index is -0.529. The molecule has 0 aromatic carbocycles. The van der Waals surface area contributed by atoms with Crippen LogP contribution >= 0.6 is 0 Å². The molecule has 7 nitrogen and oxygen atoms in total. The van der Waals surface area contributed by atoms with Crippen molar-refractivity contribution in [3.05, 3.63) is 24.5 Å². The average molecular weight is 332 g/mol. The van der Waals surface area contributed by atoms with Gasteiger partial charge in [-0.3, -0.25) is 9.88 Å². The topological polar surface area (TPSA) is 66.0 Å². The number of fused-ring (bicyclic) bond motifs is 1. The van der Waals surface area contributed by atoms with Crippen LogP contribution in [0.2, 0.25) is 0 Å². The highest BCUT2D eigenvalue weighted by Crippen LogP contribution is 2.32. The van der Waals surface area contributed by atoms with Crippen LogP contribution in [-0.4, -0.2) is 64.7 Å². The maximum atomic E-state index is 12.7. The molecule has 2 aliphatic rings. The predicted octanol–water partition coefficient (Wildman–Crippen LogP) is 2.33. The lowest BCUT2D eigenvalue weighted by Gasteiger charge is -2.38. The zero-order valence-corrected chi connectivity index (χ0v) is 14.6. The molecule has 1 aromatic rings. The zero-order chi connectivity index (χ0) is 17.5. The van der Waals surface area contributed by atoms with Gasteiger partial charge < -0.3 is 14.5 Å². The fourth-order valence-corrected chi connectivity index (χ4v) is 3.37. The summed E-state index contributed by atoms with van der Waals surface area (Å²) in [4.78, 5) is 34.4. The van der Waals surface area contributed by atoms with Gasteiger partial charge in [-0.15, -0.1) is 0 Å². The van der Waals surface area contributed by atoms with Gasteiger partial charge in [0.25, 0.3) is 0 Å². The Kier molecular flexibility index (Phi) is 4.11. The summed E-state index contributed by atoms with van der Waals surface area (Å²) in [6, 6.07) is 3.63. The number of aromatic nitrogens is 1. The maximum Gasteiger partial charge on any atom is 0.410 e. The highest BCUT2D eigenvalue weighted by atomic mass is 16.6. The Morgan fingerprint density at radius 1 is 1.33 bits per heavy atom. The van der Waals surface area contributed by atoms with Gasteiger partial charge in [-0.1, -0.05) is 0 Å². The highest BCUT2D eigenvalue weighted by molar-refractivity contribution is 5.95. The molecule has 3 heterocycles. The molecule has 24 heavy (non-hydrogen) atoms. The lowest BCUT2D eigenvalue weighted by atomic mass is 9.99.